The molecule has 0 radical (unpaired) electrons. The Hall–Kier alpha value is -5.04. The van der Waals surface area contributed by atoms with Gasteiger partial charge in [-0.3, -0.25) is 14.8 Å². The van der Waals surface area contributed by atoms with Crippen molar-refractivity contribution >= 4 is 33.6 Å². The van der Waals surface area contributed by atoms with Crippen molar-refractivity contribution in [3.05, 3.63) is 130 Å². The van der Waals surface area contributed by atoms with E-state index >= 15 is 0 Å². The molecule has 2 aromatic carbocycles. The Morgan fingerprint density at radius 2 is 1.12 bits per heavy atom. The van der Waals surface area contributed by atoms with Gasteiger partial charge in [0.1, 0.15) is 0 Å². The standard InChI is InChI=1S/C22H24N2O.C21H22N2O2/c1-14(2)24-9-8-18-5-4-16(11-22(18)24)10-21-20(15(3)25)12-19(13-23-21)17-6-7-17;1-13(2)23-8-7-16-4-3-14(10-20(16)23)9-19-18(21(24)25)11-17(12-22-19)15-5-6-15/h4-5,8-9,11-14,17H,6-7,10H2,1-3H3;3-4,7-8,10-13,15H,5-6,9H2,1-2H3,(H,24,25). The molecule has 256 valence electrons. The van der Waals surface area contributed by atoms with Crippen LogP contribution in [0.2, 0.25) is 0 Å². The first-order valence-corrected chi connectivity index (χ1v) is 18.0. The topological polar surface area (TPSA) is 90.0 Å². The third-order valence-electron chi connectivity index (χ3n) is 10.1. The van der Waals surface area contributed by atoms with E-state index in [4.69, 9.17) is 0 Å². The molecule has 6 aromatic rings. The smallest absolute Gasteiger partial charge is 0.337 e. The second-order valence-corrected chi connectivity index (χ2v) is 14.7. The summed E-state index contributed by atoms with van der Waals surface area (Å²) in [5.74, 6) is 0.337. The zero-order valence-corrected chi connectivity index (χ0v) is 29.7. The van der Waals surface area contributed by atoms with Crippen molar-refractivity contribution in [3.8, 4) is 0 Å². The van der Waals surface area contributed by atoms with Gasteiger partial charge in [0.05, 0.1) is 17.0 Å². The quantitative estimate of drug-likeness (QED) is 0.147. The molecule has 8 rings (SSSR count). The van der Waals surface area contributed by atoms with Crippen LogP contribution in [0.15, 0.2) is 85.5 Å². The van der Waals surface area contributed by atoms with Gasteiger partial charge < -0.3 is 14.2 Å². The number of fused-ring (bicyclic) bond motifs is 2. The van der Waals surface area contributed by atoms with E-state index in [0.29, 0.717) is 48.0 Å². The van der Waals surface area contributed by atoms with Crippen LogP contribution in [0.3, 0.4) is 0 Å². The summed E-state index contributed by atoms with van der Waals surface area (Å²) < 4.78 is 4.52. The molecular weight excluding hydrogens is 620 g/mol. The molecule has 50 heavy (non-hydrogen) atoms. The SMILES string of the molecule is CC(=O)c1cc(C2CC2)cnc1Cc1ccc2ccn(C(C)C)c2c1.CC(C)n1ccc2ccc(Cc3ncc(C4CC4)cc3C(=O)O)cc21. The molecule has 0 saturated heterocycles. The number of nitrogens with zero attached hydrogens (tertiary/aromatic N) is 4. The van der Waals surface area contributed by atoms with Crippen LogP contribution in [0.1, 0.15) is 139 Å². The van der Waals surface area contributed by atoms with Crippen molar-refractivity contribution in [2.45, 2.75) is 97.1 Å². The molecule has 0 unspecified atom stereocenters. The van der Waals surface area contributed by atoms with Gasteiger partial charge in [-0.2, -0.15) is 0 Å². The van der Waals surface area contributed by atoms with E-state index in [1.807, 2.05) is 18.5 Å². The molecule has 0 bridgehead atoms. The second-order valence-electron chi connectivity index (χ2n) is 14.7. The third-order valence-corrected chi connectivity index (χ3v) is 10.1. The Bertz CT molecular complexity index is 2060. The average Bonchev–Trinajstić information content (AvgIpc) is 4.03. The lowest BCUT2D eigenvalue weighted by atomic mass is 9.99. The minimum atomic E-state index is -0.892. The number of carboxylic acids is 1. The summed E-state index contributed by atoms with van der Waals surface area (Å²) in [7, 11) is 0. The normalized spacial score (nSPS) is 14.4. The summed E-state index contributed by atoms with van der Waals surface area (Å²) >= 11 is 0. The number of carbonyl (C=O) groups is 2. The summed E-state index contributed by atoms with van der Waals surface area (Å²) in [5, 5.41) is 12.0. The van der Waals surface area contributed by atoms with E-state index in [1.165, 1.54) is 45.8 Å². The number of aromatic nitrogens is 4. The Labute approximate surface area is 294 Å². The maximum absolute atomic E-state index is 12.1. The van der Waals surface area contributed by atoms with Crippen molar-refractivity contribution in [1.29, 1.82) is 0 Å². The zero-order chi connectivity index (χ0) is 35.1. The molecular formula is C43H46N4O3. The van der Waals surface area contributed by atoms with E-state index < -0.39 is 5.97 Å². The van der Waals surface area contributed by atoms with Crippen LogP contribution in [0.5, 0.6) is 0 Å². The van der Waals surface area contributed by atoms with E-state index in [1.54, 1.807) is 6.92 Å². The molecule has 0 aliphatic heterocycles. The number of pyridine rings is 2. The number of benzene rings is 2. The van der Waals surface area contributed by atoms with Gasteiger partial charge >= 0.3 is 5.97 Å². The largest absolute Gasteiger partial charge is 0.478 e. The number of Topliss-reactive ketones (excluding diaryl/α,β-unsaturated/α-hetero) is 1. The first-order valence-electron chi connectivity index (χ1n) is 18.0. The molecule has 1 N–H and O–H groups in total. The van der Waals surface area contributed by atoms with Crippen LogP contribution >= 0.6 is 0 Å². The number of carboxylic acid groups (broad SMARTS) is 1. The summed E-state index contributed by atoms with van der Waals surface area (Å²) in [5.41, 5.74) is 9.63. The molecule has 0 atom stereocenters. The highest BCUT2D eigenvalue weighted by molar-refractivity contribution is 5.95. The van der Waals surface area contributed by atoms with Crippen molar-refractivity contribution < 1.29 is 14.7 Å². The molecule has 7 heteroatoms. The van der Waals surface area contributed by atoms with E-state index in [9.17, 15) is 14.7 Å². The molecule has 4 aromatic heterocycles. The van der Waals surface area contributed by atoms with Gasteiger partial charge in [0.2, 0.25) is 0 Å². The van der Waals surface area contributed by atoms with Crippen molar-refractivity contribution in [1.82, 2.24) is 19.1 Å². The maximum Gasteiger partial charge on any atom is 0.337 e. The van der Waals surface area contributed by atoms with Gasteiger partial charge in [0.25, 0.3) is 0 Å². The lowest BCUT2D eigenvalue weighted by molar-refractivity contribution is 0.0695. The van der Waals surface area contributed by atoms with Gasteiger partial charge in [-0.15, -0.1) is 0 Å². The molecule has 2 saturated carbocycles. The fourth-order valence-corrected chi connectivity index (χ4v) is 6.97. The van der Waals surface area contributed by atoms with Crippen LogP contribution in [-0.4, -0.2) is 36.0 Å². The van der Waals surface area contributed by atoms with Crippen molar-refractivity contribution in [3.63, 3.8) is 0 Å². The van der Waals surface area contributed by atoms with Gasteiger partial charge in [0, 0.05) is 66.3 Å². The van der Waals surface area contributed by atoms with Crippen LogP contribution < -0.4 is 0 Å². The molecule has 2 fully saturated rings. The summed E-state index contributed by atoms with van der Waals surface area (Å²) in [6.45, 7) is 10.3. The fourth-order valence-electron chi connectivity index (χ4n) is 6.97. The highest BCUT2D eigenvalue weighted by Crippen LogP contribution is 2.41. The summed E-state index contributed by atoms with van der Waals surface area (Å²) in [6.07, 6.45) is 14.0. The van der Waals surface area contributed by atoms with Gasteiger partial charge in [0.15, 0.2) is 5.78 Å². The van der Waals surface area contributed by atoms with Crippen molar-refractivity contribution in [2.75, 3.05) is 0 Å². The summed E-state index contributed by atoms with van der Waals surface area (Å²) in [6, 6.07) is 21.8. The van der Waals surface area contributed by atoms with Gasteiger partial charge in [-0.1, -0.05) is 24.3 Å². The molecule has 7 nitrogen and oxygen atoms in total. The number of carbonyl (C=O) groups excluding carboxylic acids is 1. The average molecular weight is 667 g/mol. The minimum Gasteiger partial charge on any atom is -0.478 e. The van der Waals surface area contributed by atoms with Gasteiger partial charge in [-0.25, -0.2) is 4.79 Å². The monoisotopic (exact) mass is 666 g/mol. The predicted molar refractivity (Wildman–Crippen MR) is 200 cm³/mol. The first-order chi connectivity index (χ1) is 24.0. The maximum atomic E-state index is 12.1. The Morgan fingerprint density at radius 3 is 1.52 bits per heavy atom. The first kappa shape index (κ1) is 33.5. The molecule has 2 aliphatic carbocycles. The third kappa shape index (κ3) is 7.14. The van der Waals surface area contributed by atoms with Crippen LogP contribution in [0.4, 0.5) is 0 Å². The van der Waals surface area contributed by atoms with E-state index in [0.717, 1.165) is 35.2 Å². The fraction of sp³-hybridized carbons (Fsp3) is 0.349. The highest BCUT2D eigenvalue weighted by atomic mass is 16.4. The van der Waals surface area contributed by atoms with Crippen LogP contribution in [0.25, 0.3) is 21.8 Å². The number of aromatic carboxylic acids is 1. The van der Waals surface area contributed by atoms with Crippen LogP contribution in [-0.2, 0) is 12.8 Å². The Kier molecular flexibility index (Phi) is 9.17. The number of hydrogen-bond donors (Lipinski definition) is 1. The number of hydrogen-bond acceptors (Lipinski definition) is 4. The molecule has 4 heterocycles. The molecule has 0 amide bonds. The molecule has 2 aliphatic rings. The second kappa shape index (κ2) is 13.7. The lowest BCUT2D eigenvalue weighted by Gasteiger charge is -2.12. The molecule has 0 spiro atoms. The minimum absolute atomic E-state index is 0.108. The Balaban J connectivity index is 0.000000157. The Morgan fingerprint density at radius 1 is 0.680 bits per heavy atom. The zero-order valence-electron chi connectivity index (χ0n) is 29.7. The van der Waals surface area contributed by atoms with Crippen LogP contribution in [0, 0.1) is 0 Å². The van der Waals surface area contributed by atoms with E-state index in [-0.39, 0.29) is 5.78 Å². The summed E-state index contributed by atoms with van der Waals surface area (Å²) in [4.78, 5) is 32.9. The predicted octanol–water partition coefficient (Wildman–Crippen LogP) is 10.1. The lowest BCUT2D eigenvalue weighted by Crippen LogP contribution is -2.07. The number of rotatable bonds is 10. The van der Waals surface area contributed by atoms with Gasteiger partial charge in [-0.05, 0) is 142 Å². The highest BCUT2D eigenvalue weighted by Gasteiger charge is 2.27. The number of ketones is 1. The van der Waals surface area contributed by atoms with Crippen molar-refractivity contribution in [2.24, 2.45) is 0 Å². The van der Waals surface area contributed by atoms with E-state index in [2.05, 4.69) is 114 Å².